The maximum absolute atomic E-state index is 12.3. The Labute approximate surface area is 163 Å². The minimum absolute atomic E-state index is 0.0429. The molecule has 0 amide bonds. The van der Waals surface area contributed by atoms with Crippen molar-refractivity contribution >= 4 is 16.7 Å². The quantitative estimate of drug-likeness (QED) is 0.446. The predicted molar refractivity (Wildman–Crippen MR) is 112 cm³/mol. The topological polar surface area (TPSA) is 46.5 Å². The Hall–Kier alpha value is -3.59. The summed E-state index contributed by atoms with van der Waals surface area (Å²) in [6.45, 7) is 2.01. The molecule has 3 nitrogen and oxygen atoms in total. The van der Waals surface area contributed by atoms with E-state index in [1.807, 2.05) is 54.6 Å². The van der Waals surface area contributed by atoms with Gasteiger partial charge in [0.2, 0.25) is 0 Å². The van der Waals surface area contributed by atoms with Crippen molar-refractivity contribution in [1.29, 1.82) is 0 Å². The summed E-state index contributed by atoms with van der Waals surface area (Å²) in [4.78, 5) is 12.3. The minimum Gasteiger partial charge on any atom is -0.506 e. The van der Waals surface area contributed by atoms with E-state index < -0.39 is 5.97 Å². The maximum Gasteiger partial charge on any atom is 0.341 e. The summed E-state index contributed by atoms with van der Waals surface area (Å²) in [5, 5.41) is 12.1. The lowest BCUT2D eigenvalue weighted by molar-refractivity contribution is 0.0523. The second-order valence-electron chi connectivity index (χ2n) is 6.53. The lowest BCUT2D eigenvalue weighted by Crippen LogP contribution is -2.05. The van der Waals surface area contributed by atoms with E-state index in [-0.39, 0.29) is 17.9 Å². The van der Waals surface area contributed by atoms with Gasteiger partial charge in [0.05, 0.1) is 6.61 Å². The van der Waals surface area contributed by atoms with E-state index in [1.54, 1.807) is 13.0 Å². The van der Waals surface area contributed by atoms with Gasteiger partial charge in [0.1, 0.15) is 11.3 Å². The van der Waals surface area contributed by atoms with Crippen molar-refractivity contribution in [2.45, 2.75) is 6.92 Å². The number of rotatable bonds is 4. The molecule has 0 heterocycles. The molecule has 28 heavy (non-hydrogen) atoms. The summed E-state index contributed by atoms with van der Waals surface area (Å²) in [5.41, 5.74) is 4.31. The predicted octanol–water partition coefficient (Wildman–Crippen LogP) is 6.06. The highest BCUT2D eigenvalue weighted by atomic mass is 16.5. The molecule has 0 spiro atoms. The molecule has 0 saturated heterocycles. The number of carbonyl (C=O) groups is 1. The van der Waals surface area contributed by atoms with Crippen LogP contribution < -0.4 is 0 Å². The number of phenolic OH excluding ortho intramolecular Hbond substituents is 1. The second-order valence-corrected chi connectivity index (χ2v) is 6.53. The number of esters is 1. The van der Waals surface area contributed by atoms with Gasteiger partial charge < -0.3 is 9.84 Å². The maximum atomic E-state index is 12.3. The van der Waals surface area contributed by atoms with Crippen molar-refractivity contribution in [2.75, 3.05) is 6.61 Å². The number of carbonyl (C=O) groups excluding carboxylic acids is 1. The smallest absolute Gasteiger partial charge is 0.341 e. The fraction of sp³-hybridized carbons (Fsp3) is 0.0800. The zero-order valence-corrected chi connectivity index (χ0v) is 15.6. The van der Waals surface area contributed by atoms with Gasteiger partial charge in [0.25, 0.3) is 0 Å². The Balaban J connectivity index is 1.86. The van der Waals surface area contributed by atoms with Crippen LogP contribution in [0.3, 0.4) is 0 Å². The van der Waals surface area contributed by atoms with E-state index >= 15 is 0 Å². The van der Waals surface area contributed by atoms with Crippen LogP contribution in [0.25, 0.3) is 33.0 Å². The molecule has 1 N–H and O–H groups in total. The Morgan fingerprint density at radius 3 is 2.04 bits per heavy atom. The molecule has 138 valence electrons. The lowest BCUT2D eigenvalue weighted by atomic mass is 9.93. The van der Waals surface area contributed by atoms with Crippen molar-refractivity contribution in [3.63, 3.8) is 0 Å². The van der Waals surface area contributed by atoms with Gasteiger partial charge in [-0.25, -0.2) is 4.79 Å². The highest BCUT2D eigenvalue weighted by molar-refractivity contribution is 6.07. The fourth-order valence-electron chi connectivity index (χ4n) is 3.44. The number of ether oxygens (including phenoxy) is 1. The molecule has 0 aromatic heterocycles. The van der Waals surface area contributed by atoms with E-state index in [4.69, 9.17) is 4.74 Å². The van der Waals surface area contributed by atoms with Crippen molar-refractivity contribution in [2.24, 2.45) is 0 Å². The number of fused-ring (bicyclic) bond motifs is 1. The summed E-state index contributed by atoms with van der Waals surface area (Å²) in [5.74, 6) is -0.563. The number of benzene rings is 4. The largest absolute Gasteiger partial charge is 0.506 e. The van der Waals surface area contributed by atoms with Crippen LogP contribution >= 0.6 is 0 Å². The van der Waals surface area contributed by atoms with Gasteiger partial charge in [0.15, 0.2) is 0 Å². The van der Waals surface area contributed by atoms with Gasteiger partial charge in [-0.3, -0.25) is 0 Å². The molecule has 0 aliphatic rings. The van der Waals surface area contributed by atoms with Crippen molar-refractivity contribution in [3.8, 4) is 28.0 Å². The number of hydrogen-bond acceptors (Lipinski definition) is 3. The summed E-state index contributed by atoms with van der Waals surface area (Å²) in [7, 11) is 0. The fourth-order valence-corrected chi connectivity index (χ4v) is 3.44. The molecular weight excluding hydrogens is 348 g/mol. The Morgan fingerprint density at radius 2 is 1.36 bits per heavy atom. The number of aromatic hydroxyl groups is 1. The van der Waals surface area contributed by atoms with E-state index in [2.05, 4.69) is 24.3 Å². The van der Waals surface area contributed by atoms with Gasteiger partial charge in [-0.1, -0.05) is 78.9 Å². The zero-order chi connectivity index (χ0) is 19.5. The van der Waals surface area contributed by atoms with Crippen LogP contribution in [-0.4, -0.2) is 17.7 Å². The Morgan fingerprint density at radius 1 is 0.786 bits per heavy atom. The molecule has 0 unspecified atom stereocenters. The Kier molecular flexibility index (Phi) is 4.81. The lowest BCUT2D eigenvalue weighted by Gasteiger charge is -2.13. The van der Waals surface area contributed by atoms with E-state index in [9.17, 15) is 9.90 Å². The molecule has 4 rings (SSSR count). The SMILES string of the molecule is CCOC(=O)c1cc(-c2ccc(-c3ccccc3)cc2)c2ccccc2c1O. The van der Waals surface area contributed by atoms with Crippen LogP contribution in [0.4, 0.5) is 0 Å². The van der Waals surface area contributed by atoms with Gasteiger partial charge >= 0.3 is 5.97 Å². The first kappa shape index (κ1) is 17.8. The molecule has 4 aromatic carbocycles. The molecule has 3 heteroatoms. The first-order valence-electron chi connectivity index (χ1n) is 9.26. The first-order valence-corrected chi connectivity index (χ1v) is 9.26. The van der Waals surface area contributed by atoms with Gasteiger partial charge in [-0.05, 0) is 40.6 Å². The average molecular weight is 368 g/mol. The summed E-state index contributed by atoms with van der Waals surface area (Å²) in [6, 6.07) is 27.6. The molecule has 0 saturated carbocycles. The third-order valence-electron chi connectivity index (χ3n) is 4.81. The van der Waals surface area contributed by atoms with Gasteiger partial charge in [-0.2, -0.15) is 0 Å². The normalized spacial score (nSPS) is 10.8. The van der Waals surface area contributed by atoms with E-state index in [0.717, 1.165) is 27.6 Å². The zero-order valence-electron chi connectivity index (χ0n) is 15.6. The van der Waals surface area contributed by atoms with E-state index in [1.165, 1.54) is 0 Å². The minimum atomic E-state index is -0.520. The molecular formula is C25H20O3. The number of hydrogen-bond donors (Lipinski definition) is 1. The van der Waals surface area contributed by atoms with Crippen LogP contribution in [0.2, 0.25) is 0 Å². The molecule has 0 bridgehead atoms. The highest BCUT2D eigenvalue weighted by Crippen LogP contribution is 2.37. The molecule has 0 aliphatic carbocycles. The van der Waals surface area contributed by atoms with Crippen molar-refractivity contribution in [1.82, 2.24) is 0 Å². The van der Waals surface area contributed by atoms with Crippen LogP contribution in [0.1, 0.15) is 17.3 Å². The molecule has 0 aliphatic heterocycles. The third kappa shape index (κ3) is 3.23. The number of phenols is 1. The summed E-state index contributed by atoms with van der Waals surface area (Å²) < 4.78 is 5.13. The standard InChI is InChI=1S/C25H20O3/c1-2-28-25(27)23-16-22(20-10-6-7-11-21(20)24(23)26)19-14-12-18(13-15-19)17-8-4-3-5-9-17/h3-16,26H,2H2,1H3. The van der Waals surface area contributed by atoms with Crippen LogP contribution in [-0.2, 0) is 4.74 Å². The van der Waals surface area contributed by atoms with Crippen molar-refractivity contribution in [3.05, 3.63) is 90.5 Å². The Bertz CT molecular complexity index is 1130. The summed E-state index contributed by atoms with van der Waals surface area (Å²) >= 11 is 0. The summed E-state index contributed by atoms with van der Waals surface area (Å²) in [6.07, 6.45) is 0. The molecule has 4 aromatic rings. The van der Waals surface area contributed by atoms with E-state index in [0.29, 0.717) is 5.39 Å². The monoisotopic (exact) mass is 368 g/mol. The molecule has 0 fully saturated rings. The highest BCUT2D eigenvalue weighted by Gasteiger charge is 2.18. The van der Waals surface area contributed by atoms with Gasteiger partial charge in [0, 0.05) is 5.39 Å². The third-order valence-corrected chi connectivity index (χ3v) is 4.81. The van der Waals surface area contributed by atoms with Crippen LogP contribution in [0, 0.1) is 0 Å². The van der Waals surface area contributed by atoms with Gasteiger partial charge in [-0.15, -0.1) is 0 Å². The van der Waals surface area contributed by atoms with Crippen LogP contribution in [0.5, 0.6) is 5.75 Å². The van der Waals surface area contributed by atoms with Crippen molar-refractivity contribution < 1.29 is 14.6 Å². The second kappa shape index (κ2) is 7.57. The molecule has 0 atom stereocenters. The average Bonchev–Trinajstić information content (AvgIpc) is 2.75. The van der Waals surface area contributed by atoms with Crippen LogP contribution in [0.15, 0.2) is 84.9 Å². The first-order chi connectivity index (χ1) is 13.7. The molecule has 0 radical (unpaired) electrons.